The Morgan fingerprint density at radius 2 is 1.65 bits per heavy atom. The van der Waals surface area contributed by atoms with Gasteiger partial charge in [0.25, 0.3) is 0 Å². The van der Waals surface area contributed by atoms with Gasteiger partial charge in [-0.1, -0.05) is 30.3 Å². The van der Waals surface area contributed by atoms with E-state index >= 15 is 0 Å². The molecule has 4 heteroatoms. The van der Waals surface area contributed by atoms with Gasteiger partial charge in [0.2, 0.25) is 11.8 Å². The minimum Gasteiger partial charge on any atom is -0.425 e. The van der Waals surface area contributed by atoms with E-state index in [4.69, 9.17) is 10.2 Å². The van der Waals surface area contributed by atoms with Crippen molar-refractivity contribution in [2.24, 2.45) is 5.73 Å². The fourth-order valence-electron chi connectivity index (χ4n) is 1.70. The molecule has 0 atom stereocenters. The zero-order valence-corrected chi connectivity index (χ0v) is 9.80. The molecule has 0 saturated carbocycles. The zero-order chi connectivity index (χ0) is 11.9. The van der Waals surface area contributed by atoms with Crippen LogP contribution in [0.5, 0.6) is 0 Å². The van der Waals surface area contributed by atoms with E-state index in [1.165, 1.54) is 5.56 Å². The van der Waals surface area contributed by atoms with E-state index in [-0.39, 0.29) is 0 Å². The highest BCUT2D eigenvalue weighted by Crippen LogP contribution is 2.07. The fraction of sp³-hybridized carbons (Fsp3) is 0.385. The maximum atomic E-state index is 5.46. The summed E-state index contributed by atoms with van der Waals surface area (Å²) in [5, 5.41) is 7.93. The molecular formula is C13H17N3O. The molecule has 0 spiro atoms. The van der Waals surface area contributed by atoms with Crippen molar-refractivity contribution >= 4 is 0 Å². The number of nitrogens with zero attached hydrogens (tertiary/aromatic N) is 2. The van der Waals surface area contributed by atoms with Gasteiger partial charge in [0.15, 0.2) is 0 Å². The van der Waals surface area contributed by atoms with E-state index in [1.54, 1.807) is 0 Å². The van der Waals surface area contributed by atoms with Crippen LogP contribution in [-0.4, -0.2) is 16.7 Å². The second-order valence-corrected chi connectivity index (χ2v) is 3.97. The summed E-state index contributed by atoms with van der Waals surface area (Å²) in [6.07, 6.45) is 3.54. The SMILES string of the molecule is NCCc1nnc(CCCc2ccccc2)o1. The van der Waals surface area contributed by atoms with Crippen LogP contribution in [0.15, 0.2) is 34.7 Å². The maximum Gasteiger partial charge on any atom is 0.217 e. The van der Waals surface area contributed by atoms with Gasteiger partial charge in [-0.15, -0.1) is 10.2 Å². The minimum atomic E-state index is 0.547. The molecule has 17 heavy (non-hydrogen) atoms. The first-order chi connectivity index (χ1) is 8.38. The van der Waals surface area contributed by atoms with Crippen LogP contribution >= 0.6 is 0 Å². The van der Waals surface area contributed by atoms with Crippen LogP contribution in [0.4, 0.5) is 0 Å². The van der Waals surface area contributed by atoms with E-state index in [2.05, 4.69) is 34.5 Å². The Balaban J connectivity index is 1.78. The molecule has 2 rings (SSSR count). The highest BCUT2D eigenvalue weighted by atomic mass is 16.4. The van der Waals surface area contributed by atoms with E-state index in [9.17, 15) is 0 Å². The van der Waals surface area contributed by atoms with Crippen molar-refractivity contribution < 1.29 is 4.42 Å². The lowest BCUT2D eigenvalue weighted by Gasteiger charge is -1.98. The third kappa shape index (κ3) is 3.67. The van der Waals surface area contributed by atoms with Crippen LogP contribution in [0.25, 0.3) is 0 Å². The van der Waals surface area contributed by atoms with Crippen LogP contribution in [-0.2, 0) is 19.3 Å². The van der Waals surface area contributed by atoms with Gasteiger partial charge in [-0.05, 0) is 18.4 Å². The highest BCUT2D eigenvalue weighted by Gasteiger charge is 2.04. The van der Waals surface area contributed by atoms with Gasteiger partial charge in [-0.25, -0.2) is 0 Å². The summed E-state index contributed by atoms with van der Waals surface area (Å²) >= 11 is 0. The summed E-state index contributed by atoms with van der Waals surface area (Å²) in [6.45, 7) is 0.547. The quantitative estimate of drug-likeness (QED) is 0.822. The van der Waals surface area contributed by atoms with Crippen LogP contribution < -0.4 is 5.73 Å². The first-order valence-electron chi connectivity index (χ1n) is 5.94. The van der Waals surface area contributed by atoms with Gasteiger partial charge in [0.05, 0.1) is 0 Å². The fourth-order valence-corrected chi connectivity index (χ4v) is 1.70. The van der Waals surface area contributed by atoms with E-state index < -0.39 is 0 Å². The Labute approximate surface area is 101 Å². The molecule has 0 saturated heterocycles. The molecule has 0 aliphatic rings. The van der Waals surface area contributed by atoms with Crippen molar-refractivity contribution in [1.29, 1.82) is 0 Å². The molecule has 90 valence electrons. The zero-order valence-electron chi connectivity index (χ0n) is 9.80. The first-order valence-corrected chi connectivity index (χ1v) is 5.94. The van der Waals surface area contributed by atoms with Crippen LogP contribution in [0.3, 0.4) is 0 Å². The van der Waals surface area contributed by atoms with Crippen molar-refractivity contribution in [2.75, 3.05) is 6.54 Å². The Morgan fingerprint density at radius 3 is 2.35 bits per heavy atom. The van der Waals surface area contributed by atoms with Crippen molar-refractivity contribution in [3.8, 4) is 0 Å². The number of rotatable bonds is 6. The summed E-state index contributed by atoms with van der Waals surface area (Å²) in [5.74, 6) is 1.35. The molecule has 0 amide bonds. The third-order valence-electron chi connectivity index (χ3n) is 2.57. The molecule has 0 bridgehead atoms. The van der Waals surface area contributed by atoms with E-state index in [0.717, 1.165) is 19.3 Å². The topological polar surface area (TPSA) is 64.9 Å². The number of nitrogens with two attached hydrogens (primary N) is 1. The molecule has 0 fully saturated rings. The third-order valence-corrected chi connectivity index (χ3v) is 2.57. The first kappa shape index (κ1) is 11.8. The molecule has 1 heterocycles. The monoisotopic (exact) mass is 231 g/mol. The van der Waals surface area contributed by atoms with Gasteiger partial charge in [0, 0.05) is 19.4 Å². The predicted molar refractivity (Wildman–Crippen MR) is 65.5 cm³/mol. The molecule has 4 nitrogen and oxygen atoms in total. The molecule has 0 aliphatic carbocycles. The smallest absolute Gasteiger partial charge is 0.217 e. The second-order valence-electron chi connectivity index (χ2n) is 3.97. The predicted octanol–water partition coefficient (Wildman–Crippen LogP) is 1.75. The Hall–Kier alpha value is -1.68. The van der Waals surface area contributed by atoms with Crippen molar-refractivity contribution in [2.45, 2.75) is 25.7 Å². The standard InChI is InChI=1S/C13H17N3O/c14-10-9-13-16-15-12(17-13)8-4-7-11-5-2-1-3-6-11/h1-3,5-6H,4,7-10,14H2. The van der Waals surface area contributed by atoms with Gasteiger partial charge in [-0.2, -0.15) is 0 Å². The summed E-state index contributed by atoms with van der Waals surface area (Å²) < 4.78 is 5.46. The van der Waals surface area contributed by atoms with Crippen molar-refractivity contribution in [1.82, 2.24) is 10.2 Å². The maximum absolute atomic E-state index is 5.46. The minimum absolute atomic E-state index is 0.547. The number of benzene rings is 1. The summed E-state index contributed by atoms with van der Waals surface area (Å²) in [7, 11) is 0. The lowest BCUT2D eigenvalue weighted by Crippen LogP contribution is -2.02. The summed E-state index contributed by atoms with van der Waals surface area (Å²) in [5.41, 5.74) is 6.76. The molecule has 1 aromatic carbocycles. The Bertz CT molecular complexity index is 439. The van der Waals surface area contributed by atoms with Crippen LogP contribution in [0.2, 0.25) is 0 Å². The van der Waals surface area contributed by atoms with Gasteiger partial charge in [0.1, 0.15) is 0 Å². The Morgan fingerprint density at radius 1 is 0.941 bits per heavy atom. The average Bonchev–Trinajstić information content (AvgIpc) is 2.79. The van der Waals surface area contributed by atoms with E-state index in [0.29, 0.717) is 24.7 Å². The largest absolute Gasteiger partial charge is 0.425 e. The molecule has 2 aromatic rings. The number of hydrogen-bond acceptors (Lipinski definition) is 4. The number of aromatic nitrogens is 2. The van der Waals surface area contributed by atoms with Crippen LogP contribution in [0, 0.1) is 0 Å². The lowest BCUT2D eigenvalue weighted by molar-refractivity contribution is 0.445. The average molecular weight is 231 g/mol. The lowest BCUT2D eigenvalue weighted by atomic mass is 10.1. The molecular weight excluding hydrogens is 214 g/mol. The second kappa shape index (κ2) is 6.15. The van der Waals surface area contributed by atoms with Crippen molar-refractivity contribution in [3.05, 3.63) is 47.7 Å². The van der Waals surface area contributed by atoms with Gasteiger partial charge < -0.3 is 10.2 Å². The molecule has 2 N–H and O–H groups in total. The number of aryl methyl sites for hydroxylation is 2. The van der Waals surface area contributed by atoms with E-state index in [1.807, 2.05) is 6.07 Å². The van der Waals surface area contributed by atoms with Crippen molar-refractivity contribution in [3.63, 3.8) is 0 Å². The Kier molecular flexibility index (Phi) is 4.27. The molecule has 0 radical (unpaired) electrons. The van der Waals surface area contributed by atoms with Gasteiger partial charge in [-0.3, -0.25) is 0 Å². The van der Waals surface area contributed by atoms with Crippen LogP contribution in [0.1, 0.15) is 23.8 Å². The molecule has 0 aliphatic heterocycles. The molecule has 0 unspecified atom stereocenters. The molecule has 1 aromatic heterocycles. The van der Waals surface area contributed by atoms with Gasteiger partial charge >= 0.3 is 0 Å². The highest BCUT2D eigenvalue weighted by molar-refractivity contribution is 5.14. The normalized spacial score (nSPS) is 10.6. The summed E-state index contributed by atoms with van der Waals surface area (Å²) in [4.78, 5) is 0. The summed E-state index contributed by atoms with van der Waals surface area (Å²) in [6, 6.07) is 10.4. The number of hydrogen-bond donors (Lipinski definition) is 1.